The predicted molar refractivity (Wildman–Crippen MR) is 123 cm³/mol. The number of nitrogens with zero attached hydrogens (tertiary/aromatic N) is 1. The maximum absolute atomic E-state index is 13.6. The summed E-state index contributed by atoms with van der Waals surface area (Å²) >= 11 is 12.9. The van der Waals surface area contributed by atoms with Crippen LogP contribution >= 0.6 is 23.2 Å². The molecule has 0 fully saturated rings. The summed E-state index contributed by atoms with van der Waals surface area (Å²) in [5, 5.41) is 7.31. The quantitative estimate of drug-likeness (QED) is 0.524. The van der Waals surface area contributed by atoms with Crippen molar-refractivity contribution in [2.75, 3.05) is 5.32 Å². The smallest absolute Gasteiger partial charge is 0.277 e. The molecule has 0 saturated carbocycles. The van der Waals surface area contributed by atoms with Crippen molar-refractivity contribution in [3.8, 4) is 5.69 Å². The van der Waals surface area contributed by atoms with Gasteiger partial charge in [-0.2, -0.15) is 0 Å². The van der Waals surface area contributed by atoms with Gasteiger partial charge in [0.1, 0.15) is 5.82 Å². The largest absolute Gasteiger partial charge is 0.343 e. The van der Waals surface area contributed by atoms with Crippen molar-refractivity contribution >= 4 is 34.8 Å². The average molecular weight is 454 g/mol. The van der Waals surface area contributed by atoms with Crippen molar-refractivity contribution in [1.82, 2.24) is 9.78 Å². The third-order valence-electron chi connectivity index (χ3n) is 6.01. The van der Waals surface area contributed by atoms with Gasteiger partial charge in [0.15, 0.2) is 5.78 Å². The number of carbonyl (C=O) groups excluding carboxylic acids is 1. The zero-order valence-corrected chi connectivity index (χ0v) is 18.6. The monoisotopic (exact) mass is 453 g/mol. The number of halogens is 2. The van der Waals surface area contributed by atoms with E-state index in [1.807, 2.05) is 36.4 Å². The lowest BCUT2D eigenvalue weighted by Gasteiger charge is -2.38. The minimum absolute atomic E-state index is 0.0253. The predicted octanol–water partition coefficient (Wildman–Crippen LogP) is 5.67. The third-order valence-corrected chi connectivity index (χ3v) is 6.84. The summed E-state index contributed by atoms with van der Waals surface area (Å²) in [5.74, 6) is 0.0196. The van der Waals surface area contributed by atoms with Crippen LogP contribution in [-0.4, -0.2) is 15.6 Å². The Balaban J connectivity index is 1.79. The molecule has 2 aliphatic rings. The fourth-order valence-corrected chi connectivity index (χ4v) is 5.12. The van der Waals surface area contributed by atoms with Gasteiger partial charge in [-0.15, -0.1) is 0 Å². The van der Waals surface area contributed by atoms with Gasteiger partial charge in [0.2, 0.25) is 0 Å². The summed E-state index contributed by atoms with van der Waals surface area (Å²) < 4.78 is 1.50. The highest BCUT2D eigenvalue weighted by Crippen LogP contribution is 2.49. The molecule has 158 valence electrons. The molecule has 0 amide bonds. The molecule has 2 heterocycles. The molecule has 1 aliphatic carbocycles. The second kappa shape index (κ2) is 7.14. The number of anilines is 1. The third kappa shape index (κ3) is 3.24. The van der Waals surface area contributed by atoms with Crippen LogP contribution in [-0.2, 0) is 4.79 Å². The number of fused-ring (bicyclic) bond motifs is 1. The fraction of sp³-hybridized carbons (Fsp3) is 0.250. The Morgan fingerprint density at radius 1 is 1.00 bits per heavy atom. The number of hydrogen-bond donors (Lipinski definition) is 2. The molecule has 2 aromatic carbocycles. The molecule has 7 heteroatoms. The summed E-state index contributed by atoms with van der Waals surface area (Å²) in [6, 6.07) is 14.7. The number of allylic oxidation sites excluding steroid dienone is 2. The number of ketones is 1. The number of para-hydroxylation sites is 1. The molecule has 1 unspecified atom stereocenters. The minimum atomic E-state index is -0.588. The Bertz CT molecular complexity index is 1300. The molecule has 2 N–H and O–H groups in total. The topological polar surface area (TPSA) is 66.9 Å². The molecule has 1 aromatic heterocycles. The maximum atomic E-state index is 13.6. The average Bonchev–Trinajstić information content (AvgIpc) is 3.04. The van der Waals surface area contributed by atoms with Crippen LogP contribution in [0.2, 0.25) is 10.0 Å². The van der Waals surface area contributed by atoms with Crippen LogP contribution in [0.4, 0.5) is 5.82 Å². The van der Waals surface area contributed by atoms with Crippen molar-refractivity contribution in [2.24, 2.45) is 5.41 Å². The number of H-pyrrole nitrogens is 1. The van der Waals surface area contributed by atoms with E-state index in [0.717, 1.165) is 5.70 Å². The highest BCUT2D eigenvalue weighted by Gasteiger charge is 2.43. The molecule has 1 atom stereocenters. The van der Waals surface area contributed by atoms with Crippen LogP contribution in [0, 0.1) is 5.41 Å². The number of benzene rings is 2. The highest BCUT2D eigenvalue weighted by atomic mass is 35.5. The van der Waals surface area contributed by atoms with E-state index >= 15 is 0 Å². The number of aromatic nitrogens is 2. The Kier molecular flexibility index (Phi) is 4.65. The van der Waals surface area contributed by atoms with Gasteiger partial charge in [-0.25, -0.2) is 4.68 Å². The van der Waals surface area contributed by atoms with Gasteiger partial charge in [0.05, 0.1) is 21.3 Å². The van der Waals surface area contributed by atoms with Crippen molar-refractivity contribution in [1.29, 1.82) is 0 Å². The van der Waals surface area contributed by atoms with Gasteiger partial charge >= 0.3 is 0 Å². The zero-order chi connectivity index (χ0) is 21.9. The summed E-state index contributed by atoms with van der Waals surface area (Å²) in [4.78, 5) is 26.9. The van der Waals surface area contributed by atoms with Crippen LogP contribution in [0.5, 0.6) is 0 Å². The second-order valence-corrected chi connectivity index (χ2v) is 9.70. The lowest BCUT2D eigenvalue weighted by Crippen LogP contribution is -2.35. The van der Waals surface area contributed by atoms with Crippen molar-refractivity contribution in [2.45, 2.75) is 32.6 Å². The van der Waals surface area contributed by atoms with Crippen LogP contribution < -0.4 is 10.9 Å². The molecular formula is C24H21Cl2N3O2. The van der Waals surface area contributed by atoms with Crippen molar-refractivity contribution < 1.29 is 4.79 Å². The number of Topliss-reactive ketones (excluding diaryl/α,β-unsaturated/α-hetero) is 1. The molecule has 0 saturated heterocycles. The number of hydrogen-bond acceptors (Lipinski definition) is 3. The molecule has 0 spiro atoms. The van der Waals surface area contributed by atoms with E-state index in [-0.39, 0.29) is 16.8 Å². The number of nitrogens with one attached hydrogen (secondary N) is 2. The Morgan fingerprint density at radius 3 is 2.48 bits per heavy atom. The molecule has 1 aliphatic heterocycles. The summed E-state index contributed by atoms with van der Waals surface area (Å²) in [5.41, 5.74) is 2.88. The van der Waals surface area contributed by atoms with E-state index in [9.17, 15) is 9.59 Å². The molecule has 31 heavy (non-hydrogen) atoms. The number of carbonyl (C=O) groups is 1. The SMILES string of the molecule is CC1(C)CC(=O)C2=C(C1)Nc1[nH]n(-c3ccccc3)c(=O)c1C2c1cccc(Cl)c1Cl. The van der Waals surface area contributed by atoms with Crippen LogP contribution in [0.15, 0.2) is 64.6 Å². The van der Waals surface area contributed by atoms with E-state index < -0.39 is 5.92 Å². The van der Waals surface area contributed by atoms with Gasteiger partial charge in [-0.05, 0) is 35.6 Å². The second-order valence-electron chi connectivity index (χ2n) is 8.91. The lowest BCUT2D eigenvalue weighted by molar-refractivity contribution is -0.118. The van der Waals surface area contributed by atoms with Crippen LogP contribution in [0.3, 0.4) is 0 Å². The first-order valence-corrected chi connectivity index (χ1v) is 10.9. The molecule has 0 radical (unpaired) electrons. The normalized spacial score (nSPS) is 19.6. The Morgan fingerprint density at radius 2 is 1.74 bits per heavy atom. The van der Waals surface area contributed by atoms with Gasteiger partial charge < -0.3 is 5.32 Å². The van der Waals surface area contributed by atoms with E-state index in [1.54, 1.807) is 12.1 Å². The van der Waals surface area contributed by atoms with Crippen molar-refractivity contribution in [3.63, 3.8) is 0 Å². The Hall–Kier alpha value is -2.76. The first-order chi connectivity index (χ1) is 14.8. The van der Waals surface area contributed by atoms with E-state index in [0.29, 0.717) is 51.1 Å². The van der Waals surface area contributed by atoms with Gasteiger partial charge in [-0.3, -0.25) is 14.7 Å². The maximum Gasteiger partial charge on any atom is 0.277 e. The van der Waals surface area contributed by atoms with Gasteiger partial charge in [0, 0.05) is 23.6 Å². The molecular weight excluding hydrogens is 433 g/mol. The van der Waals surface area contributed by atoms with Crippen LogP contribution in [0.25, 0.3) is 5.69 Å². The Labute approximate surface area is 189 Å². The lowest BCUT2D eigenvalue weighted by atomic mass is 9.69. The molecule has 3 aromatic rings. The summed E-state index contributed by atoms with van der Waals surface area (Å²) in [6.07, 6.45) is 1.11. The first-order valence-electron chi connectivity index (χ1n) is 10.1. The number of aromatic amines is 1. The number of rotatable bonds is 2. The van der Waals surface area contributed by atoms with Gasteiger partial charge in [0.25, 0.3) is 5.56 Å². The fourth-order valence-electron chi connectivity index (χ4n) is 4.70. The van der Waals surface area contributed by atoms with Crippen molar-refractivity contribution in [3.05, 3.63) is 91.3 Å². The van der Waals surface area contributed by atoms with Gasteiger partial charge in [-0.1, -0.05) is 67.4 Å². The zero-order valence-electron chi connectivity index (χ0n) is 17.1. The van der Waals surface area contributed by atoms with Crippen LogP contribution in [0.1, 0.15) is 43.7 Å². The van der Waals surface area contributed by atoms with E-state index in [4.69, 9.17) is 23.2 Å². The first kappa shape index (κ1) is 20.2. The standard InChI is InChI=1S/C24H21Cl2N3O2/c1-24(2)11-16-19(17(30)12-24)18(14-9-6-10-15(25)21(14)26)20-22(27-16)28-29(23(20)31)13-7-4-3-5-8-13/h3-10,18,27-28H,11-12H2,1-2H3. The summed E-state index contributed by atoms with van der Waals surface area (Å²) in [6.45, 7) is 4.15. The molecule has 5 rings (SSSR count). The molecule has 5 nitrogen and oxygen atoms in total. The van der Waals surface area contributed by atoms with E-state index in [2.05, 4.69) is 24.3 Å². The minimum Gasteiger partial charge on any atom is -0.343 e. The molecule has 0 bridgehead atoms. The summed E-state index contributed by atoms with van der Waals surface area (Å²) in [7, 11) is 0. The highest BCUT2D eigenvalue weighted by molar-refractivity contribution is 6.42. The van der Waals surface area contributed by atoms with E-state index in [1.165, 1.54) is 4.68 Å².